The molecule has 2 rings (SSSR count). The molecule has 0 saturated carbocycles. The summed E-state index contributed by atoms with van der Waals surface area (Å²) in [6, 6.07) is 8.05. The largest absolute Gasteiger partial charge is 0.330 e. The standard InChI is InChI=1S/C11H15N5S/c1-9-5-2-3-6-10(9)16-11(13-14-15-16)17-8-4-7-12/h2-3,5-6H,4,7-8,12H2,1H3. The van der Waals surface area contributed by atoms with Gasteiger partial charge in [-0.1, -0.05) is 30.0 Å². The first-order valence-corrected chi connectivity index (χ1v) is 6.48. The summed E-state index contributed by atoms with van der Waals surface area (Å²) in [7, 11) is 0. The van der Waals surface area contributed by atoms with Gasteiger partial charge in [0.15, 0.2) is 0 Å². The zero-order valence-electron chi connectivity index (χ0n) is 9.71. The molecule has 0 aliphatic heterocycles. The molecular weight excluding hydrogens is 234 g/mol. The second-order valence-corrected chi connectivity index (χ2v) is 4.71. The van der Waals surface area contributed by atoms with E-state index in [9.17, 15) is 0 Å². The van der Waals surface area contributed by atoms with Crippen molar-refractivity contribution in [2.45, 2.75) is 18.5 Å². The Morgan fingerprint density at radius 1 is 1.35 bits per heavy atom. The van der Waals surface area contributed by atoms with Gasteiger partial charge in [-0.05, 0) is 41.9 Å². The number of para-hydroxylation sites is 1. The summed E-state index contributed by atoms with van der Waals surface area (Å²) in [6.45, 7) is 2.74. The Labute approximate surface area is 104 Å². The molecule has 0 aliphatic rings. The van der Waals surface area contributed by atoms with Gasteiger partial charge in [0, 0.05) is 5.75 Å². The molecule has 0 bridgehead atoms. The molecule has 1 aromatic heterocycles. The summed E-state index contributed by atoms with van der Waals surface area (Å²) in [4.78, 5) is 0. The smallest absolute Gasteiger partial charge is 0.214 e. The van der Waals surface area contributed by atoms with Crippen LogP contribution in [0.1, 0.15) is 12.0 Å². The number of nitrogens with two attached hydrogens (primary N) is 1. The third kappa shape index (κ3) is 2.83. The molecular formula is C11H15N5S. The molecule has 2 aromatic rings. The molecule has 90 valence electrons. The SMILES string of the molecule is Cc1ccccc1-n1nnnc1SCCCN. The fraction of sp³-hybridized carbons (Fsp3) is 0.364. The van der Waals surface area contributed by atoms with E-state index in [2.05, 4.69) is 15.5 Å². The Morgan fingerprint density at radius 3 is 2.94 bits per heavy atom. The van der Waals surface area contributed by atoms with Crippen LogP contribution in [-0.4, -0.2) is 32.5 Å². The van der Waals surface area contributed by atoms with Crippen LogP contribution < -0.4 is 5.73 Å². The molecule has 0 aliphatic carbocycles. The maximum absolute atomic E-state index is 5.47. The van der Waals surface area contributed by atoms with Crippen LogP contribution in [0.3, 0.4) is 0 Å². The first kappa shape index (κ1) is 12.1. The van der Waals surface area contributed by atoms with Gasteiger partial charge >= 0.3 is 0 Å². The van der Waals surface area contributed by atoms with Crippen molar-refractivity contribution in [1.29, 1.82) is 0 Å². The Hall–Kier alpha value is -1.40. The lowest BCUT2D eigenvalue weighted by Crippen LogP contribution is -2.03. The topological polar surface area (TPSA) is 69.6 Å². The highest BCUT2D eigenvalue weighted by molar-refractivity contribution is 7.99. The van der Waals surface area contributed by atoms with E-state index < -0.39 is 0 Å². The van der Waals surface area contributed by atoms with Crippen LogP contribution in [-0.2, 0) is 0 Å². The summed E-state index contributed by atoms with van der Waals surface area (Å²) >= 11 is 1.63. The van der Waals surface area contributed by atoms with Gasteiger partial charge in [-0.25, -0.2) is 0 Å². The lowest BCUT2D eigenvalue weighted by Gasteiger charge is -2.06. The van der Waals surface area contributed by atoms with E-state index in [-0.39, 0.29) is 0 Å². The number of benzene rings is 1. The normalized spacial score (nSPS) is 10.7. The molecule has 1 heterocycles. The minimum atomic E-state index is 0.693. The van der Waals surface area contributed by atoms with E-state index in [0.29, 0.717) is 6.54 Å². The molecule has 0 saturated heterocycles. The lowest BCUT2D eigenvalue weighted by atomic mass is 10.2. The molecule has 1 aromatic carbocycles. The van der Waals surface area contributed by atoms with E-state index in [1.807, 2.05) is 31.2 Å². The van der Waals surface area contributed by atoms with Crippen molar-refractivity contribution in [2.24, 2.45) is 5.73 Å². The Morgan fingerprint density at radius 2 is 2.18 bits per heavy atom. The quantitative estimate of drug-likeness (QED) is 0.641. The highest BCUT2D eigenvalue weighted by atomic mass is 32.2. The van der Waals surface area contributed by atoms with Crippen LogP contribution >= 0.6 is 11.8 Å². The zero-order valence-corrected chi connectivity index (χ0v) is 10.5. The van der Waals surface area contributed by atoms with Crippen molar-refractivity contribution in [3.05, 3.63) is 29.8 Å². The molecule has 2 N–H and O–H groups in total. The highest BCUT2D eigenvalue weighted by Gasteiger charge is 2.09. The van der Waals surface area contributed by atoms with E-state index in [0.717, 1.165) is 28.6 Å². The van der Waals surface area contributed by atoms with Crippen molar-refractivity contribution in [1.82, 2.24) is 20.2 Å². The zero-order chi connectivity index (χ0) is 12.1. The van der Waals surface area contributed by atoms with Gasteiger partial charge in [0.2, 0.25) is 5.16 Å². The first-order valence-electron chi connectivity index (χ1n) is 5.50. The Kier molecular flexibility index (Phi) is 4.11. The maximum Gasteiger partial charge on any atom is 0.214 e. The monoisotopic (exact) mass is 249 g/mol. The van der Waals surface area contributed by atoms with Crippen molar-refractivity contribution >= 4 is 11.8 Å². The molecule has 0 radical (unpaired) electrons. The third-order valence-corrected chi connectivity index (χ3v) is 3.37. The van der Waals surface area contributed by atoms with Crippen LogP contribution in [0.15, 0.2) is 29.4 Å². The summed E-state index contributed by atoms with van der Waals surface area (Å²) in [5.41, 5.74) is 7.64. The third-order valence-electron chi connectivity index (χ3n) is 2.36. The van der Waals surface area contributed by atoms with E-state index >= 15 is 0 Å². The van der Waals surface area contributed by atoms with Crippen molar-refractivity contribution in [3.8, 4) is 5.69 Å². The van der Waals surface area contributed by atoms with Crippen molar-refractivity contribution < 1.29 is 0 Å². The first-order chi connectivity index (χ1) is 8.33. The molecule has 5 nitrogen and oxygen atoms in total. The molecule has 0 spiro atoms. The minimum Gasteiger partial charge on any atom is -0.330 e. The molecule has 0 amide bonds. The summed E-state index contributed by atoms with van der Waals surface area (Å²) in [6.07, 6.45) is 0.964. The number of aryl methyl sites for hydroxylation is 1. The van der Waals surface area contributed by atoms with Crippen LogP contribution in [0.25, 0.3) is 5.69 Å². The molecule has 6 heteroatoms. The number of tetrazole rings is 1. The van der Waals surface area contributed by atoms with Gasteiger partial charge in [-0.2, -0.15) is 4.68 Å². The summed E-state index contributed by atoms with van der Waals surface area (Å²) in [5, 5.41) is 12.6. The Bertz CT molecular complexity index is 482. The second kappa shape index (κ2) is 5.79. The molecule has 17 heavy (non-hydrogen) atoms. The van der Waals surface area contributed by atoms with Crippen molar-refractivity contribution in [2.75, 3.05) is 12.3 Å². The highest BCUT2D eigenvalue weighted by Crippen LogP contribution is 2.20. The van der Waals surface area contributed by atoms with Gasteiger partial charge in [-0.3, -0.25) is 0 Å². The number of rotatable bonds is 5. The van der Waals surface area contributed by atoms with Crippen LogP contribution in [0.5, 0.6) is 0 Å². The number of hydrogen-bond donors (Lipinski definition) is 1. The minimum absolute atomic E-state index is 0.693. The second-order valence-electron chi connectivity index (χ2n) is 3.65. The van der Waals surface area contributed by atoms with E-state index in [4.69, 9.17) is 5.73 Å². The number of nitrogens with zero attached hydrogens (tertiary/aromatic N) is 4. The maximum atomic E-state index is 5.47. The van der Waals surface area contributed by atoms with Crippen molar-refractivity contribution in [3.63, 3.8) is 0 Å². The molecule has 0 atom stereocenters. The Balaban J connectivity index is 2.22. The fourth-order valence-corrected chi connectivity index (χ4v) is 2.31. The van der Waals surface area contributed by atoms with E-state index in [1.165, 1.54) is 0 Å². The van der Waals surface area contributed by atoms with Crippen LogP contribution in [0, 0.1) is 6.92 Å². The van der Waals surface area contributed by atoms with Gasteiger partial charge in [0.1, 0.15) is 0 Å². The van der Waals surface area contributed by atoms with Gasteiger partial charge in [0.25, 0.3) is 0 Å². The van der Waals surface area contributed by atoms with Crippen LogP contribution in [0.2, 0.25) is 0 Å². The number of thioether (sulfide) groups is 1. The average Bonchev–Trinajstić information content (AvgIpc) is 2.78. The lowest BCUT2D eigenvalue weighted by molar-refractivity contribution is 0.751. The summed E-state index contributed by atoms with van der Waals surface area (Å²) < 4.78 is 1.77. The van der Waals surface area contributed by atoms with Gasteiger partial charge < -0.3 is 5.73 Å². The van der Waals surface area contributed by atoms with Crippen LogP contribution in [0.4, 0.5) is 0 Å². The number of aromatic nitrogens is 4. The predicted molar refractivity (Wildman–Crippen MR) is 68.3 cm³/mol. The predicted octanol–water partition coefficient (Wildman–Crippen LogP) is 1.41. The van der Waals surface area contributed by atoms with Gasteiger partial charge in [-0.15, -0.1) is 5.10 Å². The average molecular weight is 249 g/mol. The summed E-state index contributed by atoms with van der Waals surface area (Å²) in [5.74, 6) is 0.933. The van der Waals surface area contributed by atoms with Gasteiger partial charge in [0.05, 0.1) is 5.69 Å². The molecule has 0 fully saturated rings. The number of hydrogen-bond acceptors (Lipinski definition) is 5. The molecule has 0 unspecified atom stereocenters. The fourth-order valence-electron chi connectivity index (χ4n) is 1.47. The van der Waals surface area contributed by atoms with E-state index in [1.54, 1.807) is 16.4 Å².